The molecule has 3 nitrogen and oxygen atoms in total. The molecule has 0 aromatic carbocycles. The second-order valence-electron chi connectivity index (χ2n) is 4.65. The molecule has 0 amide bonds. The van der Waals surface area contributed by atoms with E-state index >= 15 is 0 Å². The predicted octanol–water partition coefficient (Wildman–Crippen LogP) is 1.32. The van der Waals surface area contributed by atoms with Crippen molar-refractivity contribution in [1.29, 1.82) is 0 Å². The third-order valence-electron chi connectivity index (χ3n) is 3.25. The number of hydrogen-bond acceptors (Lipinski definition) is 3. The molecule has 2 fully saturated rings. The summed E-state index contributed by atoms with van der Waals surface area (Å²) in [6.45, 7) is 6.12. The maximum atomic E-state index is 6.18. The molecule has 2 aliphatic heterocycles. The molecule has 3 heteroatoms. The Bertz CT molecular complexity index is 172. The lowest BCUT2D eigenvalue weighted by atomic mass is 9.96. The van der Waals surface area contributed by atoms with Crippen molar-refractivity contribution in [3.63, 3.8) is 0 Å². The molecule has 0 saturated carbocycles. The molecule has 2 aliphatic rings. The molecule has 0 aromatic heterocycles. The van der Waals surface area contributed by atoms with Crippen LogP contribution in [0.3, 0.4) is 0 Å². The molecule has 0 aromatic rings. The van der Waals surface area contributed by atoms with Gasteiger partial charge in [-0.05, 0) is 39.2 Å². The molecule has 2 saturated heterocycles. The fourth-order valence-electron chi connectivity index (χ4n) is 2.24. The van der Waals surface area contributed by atoms with Crippen LogP contribution < -0.4 is 5.32 Å². The minimum Gasteiger partial charge on any atom is -0.381 e. The van der Waals surface area contributed by atoms with Crippen LogP contribution in [0.15, 0.2) is 0 Å². The van der Waals surface area contributed by atoms with E-state index in [1.165, 1.54) is 12.8 Å². The van der Waals surface area contributed by atoms with Gasteiger partial charge < -0.3 is 14.8 Å². The Balaban J connectivity index is 1.81. The van der Waals surface area contributed by atoms with Gasteiger partial charge in [-0.1, -0.05) is 0 Å². The molecule has 1 atom stereocenters. The first-order valence-electron chi connectivity index (χ1n) is 5.75. The van der Waals surface area contributed by atoms with Gasteiger partial charge in [-0.2, -0.15) is 0 Å². The van der Waals surface area contributed by atoms with Crippen LogP contribution in [-0.2, 0) is 9.47 Å². The minimum absolute atomic E-state index is 0.0714. The lowest BCUT2D eigenvalue weighted by Crippen LogP contribution is -2.44. The van der Waals surface area contributed by atoms with Crippen molar-refractivity contribution < 1.29 is 9.47 Å². The summed E-state index contributed by atoms with van der Waals surface area (Å²) in [5.41, 5.74) is 0.0714. The summed E-state index contributed by atoms with van der Waals surface area (Å²) in [5.74, 6) is 0. The summed E-state index contributed by atoms with van der Waals surface area (Å²) in [6.07, 6.45) is 4.97. The smallest absolute Gasteiger partial charge is 0.0707 e. The van der Waals surface area contributed by atoms with Crippen molar-refractivity contribution in [3.8, 4) is 0 Å². The van der Waals surface area contributed by atoms with E-state index in [2.05, 4.69) is 12.2 Å². The standard InChI is InChI=1S/C11H21NO2/c1-11(4-7-13-8-5-11)14-10-3-2-6-12-9-10/h10,12H,2-9H2,1H3. The molecule has 0 spiro atoms. The van der Waals surface area contributed by atoms with Crippen LogP contribution in [0, 0.1) is 0 Å². The Hall–Kier alpha value is -0.120. The van der Waals surface area contributed by atoms with Gasteiger partial charge in [0.1, 0.15) is 0 Å². The van der Waals surface area contributed by atoms with Gasteiger partial charge in [0.2, 0.25) is 0 Å². The molecule has 82 valence electrons. The van der Waals surface area contributed by atoms with E-state index in [4.69, 9.17) is 9.47 Å². The third-order valence-corrected chi connectivity index (χ3v) is 3.25. The molecule has 2 heterocycles. The fourth-order valence-corrected chi connectivity index (χ4v) is 2.24. The molecular weight excluding hydrogens is 178 g/mol. The summed E-state index contributed by atoms with van der Waals surface area (Å²) in [5, 5.41) is 3.39. The van der Waals surface area contributed by atoms with Gasteiger partial charge in [0.05, 0.1) is 11.7 Å². The van der Waals surface area contributed by atoms with E-state index in [0.717, 1.165) is 39.1 Å². The summed E-state index contributed by atoms with van der Waals surface area (Å²) in [4.78, 5) is 0. The van der Waals surface area contributed by atoms with Crippen molar-refractivity contribution in [3.05, 3.63) is 0 Å². The van der Waals surface area contributed by atoms with E-state index in [-0.39, 0.29) is 5.60 Å². The van der Waals surface area contributed by atoms with Gasteiger partial charge in [0.15, 0.2) is 0 Å². The lowest BCUT2D eigenvalue weighted by molar-refractivity contribution is -0.136. The second-order valence-corrected chi connectivity index (χ2v) is 4.65. The largest absolute Gasteiger partial charge is 0.381 e. The topological polar surface area (TPSA) is 30.5 Å². The summed E-state index contributed by atoms with van der Waals surface area (Å²) in [7, 11) is 0. The zero-order valence-corrected chi connectivity index (χ0v) is 9.05. The maximum Gasteiger partial charge on any atom is 0.0707 e. The molecular formula is C11H21NO2. The summed E-state index contributed by atoms with van der Waals surface area (Å²) >= 11 is 0. The van der Waals surface area contributed by atoms with Crippen LogP contribution in [0.1, 0.15) is 32.6 Å². The zero-order valence-electron chi connectivity index (χ0n) is 9.05. The van der Waals surface area contributed by atoms with E-state index in [1.807, 2.05) is 0 Å². The number of nitrogens with one attached hydrogen (secondary N) is 1. The highest BCUT2D eigenvalue weighted by Crippen LogP contribution is 2.27. The first kappa shape index (κ1) is 10.4. The highest BCUT2D eigenvalue weighted by atomic mass is 16.5. The molecule has 0 radical (unpaired) electrons. The predicted molar refractivity (Wildman–Crippen MR) is 55.4 cm³/mol. The van der Waals surface area contributed by atoms with Crippen LogP contribution in [-0.4, -0.2) is 38.0 Å². The maximum absolute atomic E-state index is 6.18. The van der Waals surface area contributed by atoms with Crippen LogP contribution >= 0.6 is 0 Å². The van der Waals surface area contributed by atoms with E-state index in [0.29, 0.717) is 6.10 Å². The molecule has 0 aliphatic carbocycles. The monoisotopic (exact) mass is 199 g/mol. The van der Waals surface area contributed by atoms with E-state index in [1.54, 1.807) is 0 Å². The average molecular weight is 199 g/mol. The first-order chi connectivity index (χ1) is 6.79. The Labute approximate surface area is 86.2 Å². The van der Waals surface area contributed by atoms with Gasteiger partial charge in [-0.15, -0.1) is 0 Å². The molecule has 14 heavy (non-hydrogen) atoms. The Morgan fingerprint density at radius 2 is 2.14 bits per heavy atom. The normalized spacial score (nSPS) is 32.8. The quantitative estimate of drug-likeness (QED) is 0.727. The van der Waals surface area contributed by atoms with Crippen molar-refractivity contribution in [2.75, 3.05) is 26.3 Å². The number of rotatable bonds is 2. The number of piperidine rings is 1. The Morgan fingerprint density at radius 1 is 1.36 bits per heavy atom. The SMILES string of the molecule is CC1(OC2CCCNC2)CCOCC1. The van der Waals surface area contributed by atoms with Gasteiger partial charge in [0, 0.05) is 19.8 Å². The molecule has 2 rings (SSSR count). The fraction of sp³-hybridized carbons (Fsp3) is 1.00. The summed E-state index contributed by atoms with van der Waals surface area (Å²) in [6, 6.07) is 0. The highest BCUT2D eigenvalue weighted by Gasteiger charge is 2.31. The minimum atomic E-state index is 0.0714. The van der Waals surface area contributed by atoms with Crippen LogP contribution in [0.4, 0.5) is 0 Å². The van der Waals surface area contributed by atoms with Gasteiger partial charge in [0.25, 0.3) is 0 Å². The molecule has 1 N–H and O–H groups in total. The van der Waals surface area contributed by atoms with E-state index in [9.17, 15) is 0 Å². The summed E-state index contributed by atoms with van der Waals surface area (Å²) < 4.78 is 11.5. The van der Waals surface area contributed by atoms with Crippen molar-refractivity contribution in [1.82, 2.24) is 5.32 Å². The molecule has 1 unspecified atom stereocenters. The average Bonchev–Trinajstić information content (AvgIpc) is 2.19. The van der Waals surface area contributed by atoms with Crippen molar-refractivity contribution >= 4 is 0 Å². The van der Waals surface area contributed by atoms with Crippen molar-refractivity contribution in [2.45, 2.75) is 44.3 Å². The van der Waals surface area contributed by atoms with Gasteiger partial charge in [-0.25, -0.2) is 0 Å². The first-order valence-corrected chi connectivity index (χ1v) is 5.75. The van der Waals surface area contributed by atoms with Gasteiger partial charge in [-0.3, -0.25) is 0 Å². The van der Waals surface area contributed by atoms with Crippen LogP contribution in [0.2, 0.25) is 0 Å². The van der Waals surface area contributed by atoms with Gasteiger partial charge >= 0.3 is 0 Å². The lowest BCUT2D eigenvalue weighted by Gasteiger charge is -2.38. The van der Waals surface area contributed by atoms with Crippen LogP contribution in [0.25, 0.3) is 0 Å². The van der Waals surface area contributed by atoms with Crippen molar-refractivity contribution in [2.24, 2.45) is 0 Å². The molecule has 0 bridgehead atoms. The highest BCUT2D eigenvalue weighted by molar-refractivity contribution is 4.81. The third kappa shape index (κ3) is 2.69. The van der Waals surface area contributed by atoms with E-state index < -0.39 is 0 Å². The Kier molecular flexibility index (Phi) is 3.42. The number of hydrogen-bond donors (Lipinski definition) is 1. The Morgan fingerprint density at radius 3 is 2.79 bits per heavy atom. The zero-order chi connectivity index (χ0) is 9.86. The second kappa shape index (κ2) is 4.60. The van der Waals surface area contributed by atoms with Crippen LogP contribution in [0.5, 0.6) is 0 Å². The number of ether oxygens (including phenoxy) is 2.